The van der Waals surface area contributed by atoms with Crippen molar-refractivity contribution in [2.24, 2.45) is 0 Å². The molecule has 6 heteroatoms. The Labute approximate surface area is 137 Å². The number of hydrogen-bond acceptors (Lipinski definition) is 3. The van der Waals surface area contributed by atoms with Gasteiger partial charge in [-0.25, -0.2) is 4.39 Å². The highest BCUT2D eigenvalue weighted by atomic mass is 19.1. The zero-order chi connectivity index (χ0) is 16.9. The van der Waals surface area contributed by atoms with E-state index in [-0.39, 0.29) is 12.1 Å². The first-order valence-corrected chi connectivity index (χ1v) is 7.31. The van der Waals surface area contributed by atoms with Gasteiger partial charge in [0.15, 0.2) is 0 Å². The van der Waals surface area contributed by atoms with Crippen molar-refractivity contribution < 1.29 is 14.0 Å². The number of nitrogens with one attached hydrogen (secondary N) is 2. The van der Waals surface area contributed by atoms with E-state index in [0.29, 0.717) is 11.2 Å². The molecule has 1 aromatic heterocycles. The van der Waals surface area contributed by atoms with Crippen LogP contribution in [0, 0.1) is 5.82 Å². The van der Waals surface area contributed by atoms with Crippen molar-refractivity contribution in [2.45, 2.75) is 0 Å². The van der Waals surface area contributed by atoms with E-state index in [9.17, 15) is 14.0 Å². The highest BCUT2D eigenvalue weighted by molar-refractivity contribution is 6.03. The van der Waals surface area contributed by atoms with Crippen LogP contribution in [0.25, 0.3) is 10.9 Å². The van der Waals surface area contributed by atoms with Crippen LogP contribution < -0.4 is 10.6 Å². The molecule has 0 unspecified atom stereocenters. The van der Waals surface area contributed by atoms with E-state index in [1.165, 1.54) is 18.2 Å². The number of fused-ring (bicyclic) bond motifs is 1. The number of anilines is 1. The molecule has 5 nitrogen and oxygen atoms in total. The summed E-state index contributed by atoms with van der Waals surface area (Å²) in [6, 6.07) is 14.4. The Morgan fingerprint density at radius 2 is 1.83 bits per heavy atom. The normalized spacial score (nSPS) is 10.4. The molecule has 0 aliphatic rings. The maximum absolute atomic E-state index is 13.1. The predicted octanol–water partition coefficient (Wildman–Crippen LogP) is 2.74. The molecule has 0 bridgehead atoms. The first-order valence-electron chi connectivity index (χ1n) is 7.31. The van der Waals surface area contributed by atoms with Crippen LogP contribution in [0.4, 0.5) is 10.1 Å². The van der Waals surface area contributed by atoms with Crippen LogP contribution in [-0.2, 0) is 4.79 Å². The third-order valence-electron chi connectivity index (χ3n) is 3.40. The van der Waals surface area contributed by atoms with Gasteiger partial charge in [-0.3, -0.25) is 14.6 Å². The molecule has 120 valence electrons. The Kier molecular flexibility index (Phi) is 4.47. The number of rotatable bonds is 4. The number of hydrogen-bond donors (Lipinski definition) is 2. The summed E-state index contributed by atoms with van der Waals surface area (Å²) in [6.07, 6.45) is 1.64. The molecule has 0 radical (unpaired) electrons. The molecule has 1 heterocycles. The maximum Gasteiger partial charge on any atom is 0.251 e. The van der Waals surface area contributed by atoms with Crippen molar-refractivity contribution >= 4 is 28.4 Å². The van der Waals surface area contributed by atoms with Crippen molar-refractivity contribution in [3.63, 3.8) is 0 Å². The molecule has 0 atom stereocenters. The molecule has 0 spiro atoms. The van der Waals surface area contributed by atoms with Crippen LogP contribution >= 0.6 is 0 Å². The molecule has 0 aliphatic carbocycles. The van der Waals surface area contributed by atoms with Gasteiger partial charge in [0.05, 0.1) is 17.7 Å². The Morgan fingerprint density at radius 3 is 2.67 bits per heavy atom. The van der Waals surface area contributed by atoms with Crippen LogP contribution in [-0.4, -0.2) is 23.3 Å². The predicted molar refractivity (Wildman–Crippen MR) is 89.1 cm³/mol. The van der Waals surface area contributed by atoms with Gasteiger partial charge in [-0.05, 0) is 30.3 Å². The lowest BCUT2D eigenvalue weighted by atomic mass is 10.2. The number of aromatic nitrogens is 1. The fourth-order valence-corrected chi connectivity index (χ4v) is 2.29. The molecular weight excluding hydrogens is 309 g/mol. The summed E-state index contributed by atoms with van der Waals surface area (Å²) in [5, 5.41) is 6.07. The lowest BCUT2D eigenvalue weighted by molar-refractivity contribution is -0.115. The van der Waals surface area contributed by atoms with Crippen molar-refractivity contribution in [1.82, 2.24) is 10.3 Å². The van der Waals surface area contributed by atoms with E-state index in [4.69, 9.17) is 0 Å². The standard InChI is InChI=1S/C18H14FN3O2/c19-14-7-1-5-13(10-14)18(24)21-11-16(23)22-15-8-2-4-12-6-3-9-20-17(12)15/h1-10H,11H2,(H,21,24)(H,22,23). The van der Waals surface area contributed by atoms with Crippen molar-refractivity contribution in [3.8, 4) is 0 Å². The quantitative estimate of drug-likeness (QED) is 0.775. The number of halogens is 1. The largest absolute Gasteiger partial charge is 0.343 e. The molecular formula is C18H14FN3O2. The zero-order valence-electron chi connectivity index (χ0n) is 12.6. The lowest BCUT2D eigenvalue weighted by Crippen LogP contribution is -2.32. The van der Waals surface area contributed by atoms with Crippen LogP contribution in [0.1, 0.15) is 10.4 Å². The fraction of sp³-hybridized carbons (Fsp3) is 0.0556. The average Bonchev–Trinajstić information content (AvgIpc) is 2.60. The van der Waals surface area contributed by atoms with Gasteiger partial charge < -0.3 is 10.6 Å². The van der Waals surface area contributed by atoms with Gasteiger partial charge in [0.1, 0.15) is 5.82 Å². The summed E-state index contributed by atoms with van der Waals surface area (Å²) in [6.45, 7) is -0.224. The number of amides is 2. The van der Waals surface area contributed by atoms with Gasteiger partial charge in [-0.2, -0.15) is 0 Å². The second-order valence-electron chi connectivity index (χ2n) is 5.12. The molecule has 0 fully saturated rings. The van der Waals surface area contributed by atoms with Gasteiger partial charge in [-0.15, -0.1) is 0 Å². The van der Waals surface area contributed by atoms with Crippen molar-refractivity contribution in [2.75, 3.05) is 11.9 Å². The Bertz CT molecular complexity index is 906. The number of nitrogens with zero attached hydrogens (tertiary/aromatic N) is 1. The van der Waals surface area contributed by atoms with Crippen LogP contribution in [0.3, 0.4) is 0 Å². The Balaban J connectivity index is 1.64. The van der Waals surface area contributed by atoms with Gasteiger partial charge >= 0.3 is 0 Å². The first kappa shape index (κ1) is 15.6. The summed E-state index contributed by atoms with van der Waals surface area (Å²) >= 11 is 0. The number of carbonyl (C=O) groups excluding carboxylic acids is 2. The van der Waals surface area contributed by atoms with E-state index in [1.54, 1.807) is 12.3 Å². The molecule has 0 aliphatic heterocycles. The van der Waals surface area contributed by atoms with Gasteiger partial charge in [0.2, 0.25) is 5.91 Å². The minimum Gasteiger partial charge on any atom is -0.343 e. The second-order valence-corrected chi connectivity index (χ2v) is 5.12. The second kappa shape index (κ2) is 6.87. The van der Waals surface area contributed by atoms with Crippen molar-refractivity contribution in [1.29, 1.82) is 0 Å². The van der Waals surface area contributed by atoms with Gasteiger partial charge in [0, 0.05) is 17.1 Å². The SMILES string of the molecule is O=C(CNC(=O)c1cccc(F)c1)Nc1cccc2cccnc12. The van der Waals surface area contributed by atoms with Crippen molar-refractivity contribution in [3.05, 3.63) is 72.2 Å². The topological polar surface area (TPSA) is 71.1 Å². The Hall–Kier alpha value is -3.28. The summed E-state index contributed by atoms with van der Waals surface area (Å²) in [4.78, 5) is 28.2. The third-order valence-corrected chi connectivity index (χ3v) is 3.40. The summed E-state index contributed by atoms with van der Waals surface area (Å²) in [5.74, 6) is -1.41. The average molecular weight is 323 g/mol. The third kappa shape index (κ3) is 3.55. The molecule has 2 aromatic carbocycles. The minimum atomic E-state index is -0.513. The summed E-state index contributed by atoms with van der Waals surface area (Å²) in [5.41, 5.74) is 1.40. The molecule has 2 amide bonds. The van der Waals surface area contributed by atoms with Crippen LogP contribution in [0.15, 0.2) is 60.8 Å². The van der Waals surface area contributed by atoms with E-state index < -0.39 is 17.6 Å². The summed E-state index contributed by atoms with van der Waals surface area (Å²) in [7, 11) is 0. The molecule has 24 heavy (non-hydrogen) atoms. The zero-order valence-corrected chi connectivity index (χ0v) is 12.6. The first-order chi connectivity index (χ1) is 11.6. The molecule has 3 rings (SSSR count). The number of carbonyl (C=O) groups is 2. The summed E-state index contributed by atoms with van der Waals surface area (Å²) < 4.78 is 13.1. The minimum absolute atomic E-state index is 0.162. The van der Waals surface area contributed by atoms with E-state index in [2.05, 4.69) is 15.6 Å². The molecule has 2 N–H and O–H groups in total. The Morgan fingerprint density at radius 1 is 1.04 bits per heavy atom. The van der Waals surface area contributed by atoms with Gasteiger partial charge in [-0.1, -0.05) is 24.3 Å². The maximum atomic E-state index is 13.1. The number of benzene rings is 2. The molecule has 0 saturated carbocycles. The number of para-hydroxylation sites is 1. The fourth-order valence-electron chi connectivity index (χ4n) is 2.29. The highest BCUT2D eigenvalue weighted by Crippen LogP contribution is 2.20. The van der Waals surface area contributed by atoms with E-state index in [1.807, 2.05) is 24.3 Å². The smallest absolute Gasteiger partial charge is 0.251 e. The monoisotopic (exact) mass is 323 g/mol. The molecule has 3 aromatic rings. The number of pyridine rings is 1. The lowest BCUT2D eigenvalue weighted by Gasteiger charge is -2.09. The van der Waals surface area contributed by atoms with Crippen LogP contribution in [0.2, 0.25) is 0 Å². The van der Waals surface area contributed by atoms with E-state index in [0.717, 1.165) is 11.5 Å². The van der Waals surface area contributed by atoms with Crippen LogP contribution in [0.5, 0.6) is 0 Å². The highest BCUT2D eigenvalue weighted by Gasteiger charge is 2.10. The molecule has 0 saturated heterocycles. The van der Waals surface area contributed by atoms with Gasteiger partial charge in [0.25, 0.3) is 5.91 Å². The van der Waals surface area contributed by atoms with E-state index >= 15 is 0 Å².